The second-order valence-corrected chi connectivity index (χ2v) is 7.78. The van der Waals surface area contributed by atoms with E-state index < -0.39 is 0 Å². The van der Waals surface area contributed by atoms with Gasteiger partial charge in [0.2, 0.25) is 0 Å². The van der Waals surface area contributed by atoms with Crippen molar-refractivity contribution in [2.24, 2.45) is 5.92 Å². The number of aryl methyl sites for hydroxylation is 2. The average molecular weight is 375 g/mol. The van der Waals surface area contributed by atoms with Crippen molar-refractivity contribution in [3.05, 3.63) is 46.0 Å². The molecule has 1 amide bonds. The van der Waals surface area contributed by atoms with Gasteiger partial charge in [0.1, 0.15) is 10.8 Å². The molecule has 0 bridgehead atoms. The quantitative estimate of drug-likeness (QED) is 0.777. The normalized spacial score (nSPS) is 17.3. The summed E-state index contributed by atoms with van der Waals surface area (Å²) >= 11 is 6.66. The van der Waals surface area contributed by atoms with Crippen molar-refractivity contribution in [3.63, 3.8) is 0 Å². The summed E-state index contributed by atoms with van der Waals surface area (Å²) in [6, 6.07) is 3.83. The number of rotatable bonds is 5. The molecule has 1 aliphatic rings. The Morgan fingerprint density at radius 2 is 2.19 bits per heavy atom. The van der Waals surface area contributed by atoms with E-state index in [-0.39, 0.29) is 11.9 Å². The fourth-order valence-corrected chi connectivity index (χ4v) is 4.05. The van der Waals surface area contributed by atoms with E-state index in [9.17, 15) is 4.79 Å². The Kier molecular flexibility index (Phi) is 5.66. The first kappa shape index (κ1) is 18.9. The van der Waals surface area contributed by atoms with E-state index in [0.717, 1.165) is 49.2 Å². The van der Waals surface area contributed by atoms with Crippen molar-refractivity contribution in [3.8, 4) is 0 Å². The molecule has 3 rings (SSSR count). The van der Waals surface area contributed by atoms with Crippen molar-refractivity contribution < 1.29 is 4.79 Å². The Hall–Kier alpha value is -1.88. The van der Waals surface area contributed by atoms with Gasteiger partial charge in [-0.25, -0.2) is 0 Å². The lowest BCUT2D eigenvalue weighted by molar-refractivity contribution is 0.0729. The predicted molar refractivity (Wildman–Crippen MR) is 103 cm³/mol. The van der Waals surface area contributed by atoms with Gasteiger partial charge in [0, 0.05) is 24.8 Å². The standard InChI is InChI=1S/C20H27ClN4O/c1-5-15-8-9-22-16(11-15)20(26)24-10-6-7-17(24)18-14(4)23-25(19(18)21)12-13(2)3/h8-9,11,13,17H,5-7,10,12H2,1-4H3/t17-/m0/s1. The van der Waals surface area contributed by atoms with Crippen molar-refractivity contribution >= 4 is 17.5 Å². The van der Waals surface area contributed by atoms with E-state index in [2.05, 4.69) is 30.9 Å². The number of likely N-dealkylation sites (tertiary alicyclic amines) is 1. The molecule has 0 N–H and O–H groups in total. The molecule has 2 aromatic heterocycles. The fraction of sp³-hybridized carbons (Fsp3) is 0.550. The summed E-state index contributed by atoms with van der Waals surface area (Å²) in [6.45, 7) is 9.85. The zero-order valence-corrected chi connectivity index (χ0v) is 16.8. The summed E-state index contributed by atoms with van der Waals surface area (Å²) < 4.78 is 1.87. The largest absolute Gasteiger partial charge is 0.330 e. The zero-order valence-electron chi connectivity index (χ0n) is 16.0. The lowest BCUT2D eigenvalue weighted by Gasteiger charge is -2.25. The molecule has 2 aromatic rings. The van der Waals surface area contributed by atoms with E-state index >= 15 is 0 Å². The van der Waals surface area contributed by atoms with E-state index in [0.29, 0.717) is 16.8 Å². The summed E-state index contributed by atoms with van der Waals surface area (Å²) in [6.07, 6.45) is 4.48. The SMILES string of the molecule is CCc1ccnc(C(=O)N2CCC[C@H]2c2c(C)nn(CC(C)C)c2Cl)c1. The maximum Gasteiger partial charge on any atom is 0.272 e. The number of pyridine rings is 1. The molecule has 1 saturated heterocycles. The molecule has 6 heteroatoms. The smallest absolute Gasteiger partial charge is 0.272 e. The van der Waals surface area contributed by atoms with Gasteiger partial charge in [-0.3, -0.25) is 14.5 Å². The first-order chi connectivity index (χ1) is 12.4. The molecule has 1 atom stereocenters. The fourth-order valence-electron chi connectivity index (χ4n) is 3.68. The highest BCUT2D eigenvalue weighted by Gasteiger charge is 2.35. The van der Waals surface area contributed by atoms with E-state index in [4.69, 9.17) is 11.6 Å². The molecule has 3 heterocycles. The Balaban J connectivity index is 1.91. The summed E-state index contributed by atoms with van der Waals surface area (Å²) in [4.78, 5) is 19.3. The van der Waals surface area contributed by atoms with Crippen LogP contribution in [-0.2, 0) is 13.0 Å². The van der Waals surface area contributed by atoms with E-state index in [1.54, 1.807) is 6.20 Å². The number of hydrogen-bond acceptors (Lipinski definition) is 3. The van der Waals surface area contributed by atoms with Crippen LogP contribution < -0.4 is 0 Å². The van der Waals surface area contributed by atoms with Crippen LogP contribution in [0.25, 0.3) is 0 Å². The molecule has 0 spiro atoms. The van der Waals surface area contributed by atoms with Gasteiger partial charge in [-0.15, -0.1) is 0 Å². The van der Waals surface area contributed by atoms with E-state index in [1.165, 1.54) is 0 Å². The monoisotopic (exact) mass is 374 g/mol. The van der Waals surface area contributed by atoms with Crippen molar-refractivity contribution in [1.82, 2.24) is 19.7 Å². The summed E-state index contributed by atoms with van der Waals surface area (Å²) in [5, 5.41) is 5.28. The number of aromatic nitrogens is 3. The summed E-state index contributed by atoms with van der Waals surface area (Å²) in [5.41, 5.74) is 3.54. The van der Waals surface area contributed by atoms with Crippen LogP contribution in [0.5, 0.6) is 0 Å². The van der Waals surface area contributed by atoms with Crippen LogP contribution in [0.2, 0.25) is 5.15 Å². The molecular formula is C20H27ClN4O. The molecule has 1 fully saturated rings. The van der Waals surface area contributed by atoms with Gasteiger partial charge >= 0.3 is 0 Å². The third kappa shape index (κ3) is 3.63. The van der Waals surface area contributed by atoms with Crippen LogP contribution in [-0.4, -0.2) is 32.1 Å². The Morgan fingerprint density at radius 1 is 1.42 bits per heavy atom. The molecule has 0 radical (unpaired) electrons. The molecule has 0 aromatic carbocycles. The first-order valence-corrected chi connectivity index (χ1v) is 9.78. The van der Waals surface area contributed by atoms with Gasteiger partial charge in [0.05, 0.1) is 11.7 Å². The number of carbonyl (C=O) groups is 1. The highest BCUT2D eigenvalue weighted by Crippen LogP contribution is 2.38. The molecule has 0 saturated carbocycles. The van der Waals surface area contributed by atoms with Gasteiger partial charge < -0.3 is 4.90 Å². The molecule has 26 heavy (non-hydrogen) atoms. The minimum absolute atomic E-state index is 0.0186. The first-order valence-electron chi connectivity index (χ1n) is 9.41. The highest BCUT2D eigenvalue weighted by molar-refractivity contribution is 6.30. The van der Waals surface area contributed by atoms with Gasteiger partial charge in [-0.2, -0.15) is 5.10 Å². The Bertz CT molecular complexity index is 799. The third-order valence-corrected chi connectivity index (χ3v) is 5.34. The minimum atomic E-state index is -0.0250. The van der Waals surface area contributed by atoms with Gasteiger partial charge in [-0.1, -0.05) is 32.4 Å². The lowest BCUT2D eigenvalue weighted by Crippen LogP contribution is -2.31. The van der Waals surface area contributed by atoms with Gasteiger partial charge in [0.15, 0.2) is 0 Å². The van der Waals surface area contributed by atoms with Crippen LogP contribution in [0.1, 0.15) is 67.0 Å². The van der Waals surface area contributed by atoms with Gasteiger partial charge in [0.25, 0.3) is 5.91 Å². The number of carbonyl (C=O) groups excluding carboxylic acids is 1. The van der Waals surface area contributed by atoms with Crippen molar-refractivity contribution in [2.75, 3.05) is 6.54 Å². The summed E-state index contributed by atoms with van der Waals surface area (Å²) in [7, 11) is 0. The zero-order chi connectivity index (χ0) is 18.8. The van der Waals surface area contributed by atoms with Crippen molar-refractivity contribution in [2.45, 2.75) is 59.5 Å². The van der Waals surface area contributed by atoms with Crippen LogP contribution in [0, 0.1) is 12.8 Å². The number of halogens is 1. The third-order valence-electron chi connectivity index (χ3n) is 4.95. The highest BCUT2D eigenvalue weighted by atomic mass is 35.5. The number of nitrogens with zero attached hydrogens (tertiary/aromatic N) is 4. The molecule has 0 aliphatic carbocycles. The Morgan fingerprint density at radius 3 is 2.88 bits per heavy atom. The minimum Gasteiger partial charge on any atom is -0.330 e. The lowest BCUT2D eigenvalue weighted by atomic mass is 10.1. The molecule has 0 unspecified atom stereocenters. The predicted octanol–water partition coefficient (Wildman–Crippen LogP) is 4.44. The second kappa shape index (κ2) is 7.78. The maximum atomic E-state index is 13.1. The van der Waals surface area contributed by atoms with Crippen LogP contribution in [0.3, 0.4) is 0 Å². The van der Waals surface area contributed by atoms with E-state index in [1.807, 2.05) is 28.6 Å². The van der Waals surface area contributed by atoms with Crippen molar-refractivity contribution in [1.29, 1.82) is 0 Å². The molecule has 1 aliphatic heterocycles. The van der Waals surface area contributed by atoms with Crippen LogP contribution in [0.4, 0.5) is 0 Å². The van der Waals surface area contributed by atoms with Gasteiger partial charge in [-0.05, 0) is 49.8 Å². The van der Waals surface area contributed by atoms with Crippen LogP contribution >= 0.6 is 11.6 Å². The van der Waals surface area contributed by atoms with Crippen LogP contribution in [0.15, 0.2) is 18.3 Å². The Labute approximate surface area is 160 Å². The molecule has 140 valence electrons. The molecular weight excluding hydrogens is 348 g/mol. The maximum absolute atomic E-state index is 13.1. The average Bonchev–Trinajstić information content (AvgIpc) is 3.18. The summed E-state index contributed by atoms with van der Waals surface area (Å²) in [5.74, 6) is 0.442. The topological polar surface area (TPSA) is 51.0 Å². The molecule has 5 nitrogen and oxygen atoms in total. The second-order valence-electron chi connectivity index (χ2n) is 7.43. The number of amides is 1. The number of hydrogen-bond donors (Lipinski definition) is 0.